The number of hydrogen-bond acceptors (Lipinski definition) is 4. The average Bonchev–Trinajstić information content (AvgIpc) is 2.67. The molecular formula is C23H19NO4. The van der Waals surface area contributed by atoms with Crippen LogP contribution in [0.3, 0.4) is 0 Å². The van der Waals surface area contributed by atoms with Crippen LogP contribution in [-0.4, -0.2) is 12.0 Å². The number of carbonyl (C=O) groups is 1. The maximum absolute atomic E-state index is 12.6. The van der Waals surface area contributed by atoms with Crippen LogP contribution < -0.4 is 15.7 Å². The molecule has 4 aromatic rings. The first-order chi connectivity index (χ1) is 13.5. The van der Waals surface area contributed by atoms with Gasteiger partial charge in [-0.25, -0.2) is 4.79 Å². The molecule has 28 heavy (non-hydrogen) atoms. The highest BCUT2D eigenvalue weighted by molar-refractivity contribution is 6.03. The van der Waals surface area contributed by atoms with Crippen molar-refractivity contribution in [2.45, 2.75) is 20.0 Å². The number of nitrogens with one attached hydrogen (secondary N) is 1. The molecular weight excluding hydrogens is 354 g/mol. The monoisotopic (exact) mass is 373 g/mol. The van der Waals surface area contributed by atoms with E-state index >= 15 is 0 Å². The number of fused-ring (bicyclic) bond motifs is 2. The second-order valence-electron chi connectivity index (χ2n) is 6.68. The van der Waals surface area contributed by atoms with Gasteiger partial charge in [0.25, 0.3) is 5.91 Å². The van der Waals surface area contributed by atoms with Crippen LogP contribution in [0, 0.1) is 6.92 Å². The number of anilines is 1. The molecule has 4 rings (SSSR count). The highest BCUT2D eigenvalue weighted by atomic mass is 16.5. The molecule has 1 heterocycles. The van der Waals surface area contributed by atoms with Gasteiger partial charge in [-0.1, -0.05) is 36.4 Å². The lowest BCUT2D eigenvalue weighted by atomic mass is 10.1. The van der Waals surface area contributed by atoms with Crippen LogP contribution >= 0.6 is 0 Å². The summed E-state index contributed by atoms with van der Waals surface area (Å²) in [4.78, 5) is 24.2. The highest BCUT2D eigenvalue weighted by Gasteiger charge is 2.16. The van der Waals surface area contributed by atoms with E-state index in [1.54, 1.807) is 19.1 Å². The summed E-state index contributed by atoms with van der Waals surface area (Å²) in [5, 5.41) is 5.77. The van der Waals surface area contributed by atoms with E-state index in [0.29, 0.717) is 11.3 Å². The van der Waals surface area contributed by atoms with Crippen molar-refractivity contribution < 1.29 is 13.9 Å². The minimum absolute atomic E-state index is 0.262. The van der Waals surface area contributed by atoms with Crippen molar-refractivity contribution in [1.29, 1.82) is 0 Å². The summed E-state index contributed by atoms with van der Waals surface area (Å²) in [6, 6.07) is 20.3. The third-order valence-electron chi connectivity index (χ3n) is 4.65. The van der Waals surface area contributed by atoms with Gasteiger partial charge in [0.05, 0.1) is 0 Å². The summed E-state index contributed by atoms with van der Waals surface area (Å²) in [7, 11) is 0. The quantitative estimate of drug-likeness (QED) is 0.528. The molecule has 1 N–H and O–H groups in total. The minimum atomic E-state index is -0.729. The molecule has 140 valence electrons. The van der Waals surface area contributed by atoms with E-state index in [9.17, 15) is 9.59 Å². The predicted octanol–water partition coefficient (Wildman–Crippen LogP) is 4.66. The topological polar surface area (TPSA) is 68.5 Å². The zero-order chi connectivity index (χ0) is 19.7. The van der Waals surface area contributed by atoms with Crippen LogP contribution in [0.15, 0.2) is 75.9 Å². The van der Waals surface area contributed by atoms with E-state index < -0.39 is 11.7 Å². The van der Waals surface area contributed by atoms with Crippen LogP contribution in [0.5, 0.6) is 5.75 Å². The van der Waals surface area contributed by atoms with Gasteiger partial charge >= 0.3 is 5.63 Å². The standard InChI is InChI=1S/C23H19NO4/c1-14-12-22(25)28-21-13-17(10-11-18(14)21)27-15(2)23(26)24-20-9-5-7-16-6-3-4-8-19(16)20/h3-13,15H,1-2H3,(H,24,26)/t15-/m0/s1. The fourth-order valence-electron chi connectivity index (χ4n) is 3.20. The molecule has 1 atom stereocenters. The fraction of sp³-hybridized carbons (Fsp3) is 0.130. The lowest BCUT2D eigenvalue weighted by Crippen LogP contribution is -2.30. The second-order valence-corrected chi connectivity index (χ2v) is 6.68. The first-order valence-electron chi connectivity index (χ1n) is 9.01. The number of hydrogen-bond donors (Lipinski definition) is 1. The molecule has 0 fully saturated rings. The molecule has 3 aromatic carbocycles. The Hall–Kier alpha value is -3.60. The van der Waals surface area contributed by atoms with E-state index in [4.69, 9.17) is 9.15 Å². The minimum Gasteiger partial charge on any atom is -0.481 e. The first-order valence-corrected chi connectivity index (χ1v) is 9.01. The molecule has 0 saturated carbocycles. The van der Waals surface area contributed by atoms with Gasteiger partial charge in [0.1, 0.15) is 11.3 Å². The van der Waals surface area contributed by atoms with E-state index in [2.05, 4.69) is 5.32 Å². The summed E-state index contributed by atoms with van der Waals surface area (Å²) in [6.07, 6.45) is -0.729. The van der Waals surface area contributed by atoms with Gasteiger partial charge in [-0.05, 0) is 43.0 Å². The van der Waals surface area contributed by atoms with Crippen LogP contribution in [0.1, 0.15) is 12.5 Å². The number of carbonyl (C=O) groups excluding carboxylic acids is 1. The maximum Gasteiger partial charge on any atom is 0.336 e. The van der Waals surface area contributed by atoms with Gasteiger partial charge in [0.2, 0.25) is 0 Å². The molecule has 0 aliphatic heterocycles. The molecule has 0 unspecified atom stereocenters. The zero-order valence-corrected chi connectivity index (χ0v) is 15.6. The van der Waals surface area contributed by atoms with Crippen LogP contribution in [0.25, 0.3) is 21.7 Å². The third kappa shape index (κ3) is 3.47. The number of ether oxygens (including phenoxy) is 1. The summed E-state index contributed by atoms with van der Waals surface area (Å²) >= 11 is 0. The molecule has 0 saturated heterocycles. The molecule has 0 bridgehead atoms. The largest absolute Gasteiger partial charge is 0.481 e. The Bertz CT molecular complexity index is 1240. The van der Waals surface area contributed by atoms with E-state index in [1.807, 2.05) is 55.5 Å². The van der Waals surface area contributed by atoms with Crippen molar-refractivity contribution >= 4 is 33.3 Å². The van der Waals surface area contributed by atoms with Crippen molar-refractivity contribution in [3.05, 3.63) is 82.7 Å². The number of amides is 1. The SMILES string of the molecule is Cc1cc(=O)oc2cc(O[C@@H](C)C(=O)Nc3cccc4ccccc34)ccc12. The summed E-state index contributed by atoms with van der Waals surface area (Å²) in [5.74, 6) is 0.198. The lowest BCUT2D eigenvalue weighted by molar-refractivity contribution is -0.122. The Morgan fingerprint density at radius 1 is 1.00 bits per heavy atom. The molecule has 5 heteroatoms. The van der Waals surface area contributed by atoms with Crippen molar-refractivity contribution in [3.63, 3.8) is 0 Å². The lowest BCUT2D eigenvalue weighted by Gasteiger charge is -2.16. The number of benzene rings is 3. The Balaban J connectivity index is 1.54. The highest BCUT2D eigenvalue weighted by Crippen LogP contribution is 2.25. The van der Waals surface area contributed by atoms with Gasteiger partial charge in [0.15, 0.2) is 6.10 Å². The Morgan fingerprint density at radius 2 is 1.79 bits per heavy atom. The summed E-state index contributed by atoms with van der Waals surface area (Å²) in [6.45, 7) is 3.52. The first kappa shape index (κ1) is 17.8. The normalized spacial score (nSPS) is 12.1. The fourth-order valence-corrected chi connectivity index (χ4v) is 3.20. The Morgan fingerprint density at radius 3 is 2.64 bits per heavy atom. The Kier molecular flexibility index (Phi) is 4.57. The van der Waals surface area contributed by atoms with Crippen molar-refractivity contribution in [1.82, 2.24) is 0 Å². The number of aryl methyl sites for hydroxylation is 1. The Labute approximate surface area is 161 Å². The number of rotatable bonds is 4. The van der Waals surface area contributed by atoms with Gasteiger partial charge in [-0.15, -0.1) is 0 Å². The third-order valence-corrected chi connectivity index (χ3v) is 4.65. The van der Waals surface area contributed by atoms with E-state index in [-0.39, 0.29) is 5.91 Å². The van der Waals surface area contributed by atoms with Gasteiger partial charge in [0, 0.05) is 28.6 Å². The molecule has 1 aromatic heterocycles. The van der Waals surface area contributed by atoms with E-state index in [1.165, 1.54) is 6.07 Å². The smallest absolute Gasteiger partial charge is 0.336 e. The zero-order valence-electron chi connectivity index (χ0n) is 15.6. The van der Waals surface area contributed by atoms with Gasteiger partial charge in [-0.3, -0.25) is 4.79 Å². The molecule has 0 aliphatic rings. The molecule has 0 spiro atoms. The van der Waals surface area contributed by atoms with E-state index in [0.717, 1.165) is 27.4 Å². The van der Waals surface area contributed by atoms with Crippen LogP contribution in [0.4, 0.5) is 5.69 Å². The molecule has 1 amide bonds. The van der Waals surface area contributed by atoms with Crippen LogP contribution in [-0.2, 0) is 4.79 Å². The molecule has 5 nitrogen and oxygen atoms in total. The average molecular weight is 373 g/mol. The molecule has 0 radical (unpaired) electrons. The maximum atomic E-state index is 12.6. The van der Waals surface area contributed by atoms with Crippen molar-refractivity contribution in [3.8, 4) is 5.75 Å². The summed E-state index contributed by atoms with van der Waals surface area (Å²) in [5.41, 5.74) is 1.59. The predicted molar refractivity (Wildman–Crippen MR) is 110 cm³/mol. The van der Waals surface area contributed by atoms with Gasteiger partial charge < -0.3 is 14.5 Å². The van der Waals surface area contributed by atoms with Crippen molar-refractivity contribution in [2.75, 3.05) is 5.32 Å². The molecule has 0 aliphatic carbocycles. The van der Waals surface area contributed by atoms with Crippen molar-refractivity contribution in [2.24, 2.45) is 0 Å². The van der Waals surface area contributed by atoms with Gasteiger partial charge in [-0.2, -0.15) is 0 Å². The second kappa shape index (κ2) is 7.19. The summed E-state index contributed by atoms with van der Waals surface area (Å²) < 4.78 is 11.0. The van der Waals surface area contributed by atoms with Crippen LogP contribution in [0.2, 0.25) is 0 Å².